The Labute approximate surface area is 174 Å². The van der Waals surface area contributed by atoms with Crippen LogP contribution in [0.3, 0.4) is 0 Å². The van der Waals surface area contributed by atoms with Gasteiger partial charge in [-0.1, -0.05) is 12.1 Å². The van der Waals surface area contributed by atoms with Crippen LogP contribution in [-0.4, -0.2) is 47.3 Å². The zero-order chi connectivity index (χ0) is 21.8. The molecule has 0 bridgehead atoms. The molecule has 2 aromatic rings. The average molecular weight is 414 g/mol. The van der Waals surface area contributed by atoms with Gasteiger partial charge >= 0.3 is 5.97 Å². The predicted molar refractivity (Wildman–Crippen MR) is 110 cm³/mol. The van der Waals surface area contributed by atoms with Crippen molar-refractivity contribution < 1.29 is 23.9 Å². The summed E-state index contributed by atoms with van der Waals surface area (Å²) in [5.41, 5.74) is 0.605. The molecule has 1 aliphatic rings. The van der Waals surface area contributed by atoms with Crippen molar-refractivity contribution in [3.05, 3.63) is 36.5 Å². The number of carbonyl (C=O) groups excluding carboxylic acids is 3. The molecule has 1 saturated heterocycles. The van der Waals surface area contributed by atoms with Crippen LogP contribution < -0.4 is 15.0 Å². The second kappa shape index (κ2) is 8.98. The molecule has 0 spiro atoms. The van der Waals surface area contributed by atoms with E-state index in [1.165, 1.54) is 18.9 Å². The van der Waals surface area contributed by atoms with Gasteiger partial charge in [-0.2, -0.15) is 5.10 Å². The molecular formula is C21H26N4O5. The van der Waals surface area contributed by atoms with Crippen LogP contribution in [0.4, 0.5) is 11.5 Å². The molecule has 0 unspecified atom stereocenters. The highest BCUT2D eigenvalue weighted by molar-refractivity contribution is 6.01. The fraction of sp³-hybridized carbons (Fsp3) is 0.429. The van der Waals surface area contributed by atoms with E-state index in [9.17, 15) is 14.4 Å². The molecule has 1 N–H and O–H groups in total. The lowest BCUT2D eigenvalue weighted by Crippen LogP contribution is -2.34. The molecule has 1 aliphatic heterocycles. The van der Waals surface area contributed by atoms with Crippen LogP contribution in [0, 0.1) is 5.92 Å². The van der Waals surface area contributed by atoms with Crippen molar-refractivity contribution in [2.45, 2.75) is 39.3 Å². The minimum absolute atomic E-state index is 0.0192. The second-order valence-corrected chi connectivity index (χ2v) is 7.40. The van der Waals surface area contributed by atoms with E-state index < -0.39 is 23.9 Å². The van der Waals surface area contributed by atoms with Gasteiger partial charge in [-0.15, -0.1) is 0 Å². The molecule has 30 heavy (non-hydrogen) atoms. The van der Waals surface area contributed by atoms with Gasteiger partial charge in [0.1, 0.15) is 11.6 Å². The van der Waals surface area contributed by atoms with Gasteiger partial charge in [-0.3, -0.25) is 14.4 Å². The summed E-state index contributed by atoms with van der Waals surface area (Å²) < 4.78 is 12.3. The van der Waals surface area contributed by atoms with Gasteiger partial charge in [0.05, 0.1) is 24.9 Å². The molecule has 9 heteroatoms. The zero-order valence-corrected chi connectivity index (χ0v) is 17.5. The van der Waals surface area contributed by atoms with Gasteiger partial charge in [0.25, 0.3) is 5.91 Å². The Hall–Kier alpha value is -3.36. The predicted octanol–water partition coefficient (Wildman–Crippen LogP) is 2.40. The number of nitrogens with zero attached hydrogens (tertiary/aromatic N) is 3. The number of carbonyl (C=O) groups is 3. The SMILES string of the molecule is COc1ccccc1N1C[C@H](C(=O)O[C@H](C)C(=O)Nc2ccnn2C(C)C)CC1=O. The topological polar surface area (TPSA) is 103 Å². The molecule has 1 aromatic carbocycles. The van der Waals surface area contributed by atoms with Crippen LogP contribution in [-0.2, 0) is 19.1 Å². The summed E-state index contributed by atoms with van der Waals surface area (Å²) in [5, 5.41) is 6.87. The third kappa shape index (κ3) is 4.45. The fourth-order valence-corrected chi connectivity index (χ4v) is 3.33. The van der Waals surface area contributed by atoms with Crippen molar-refractivity contribution in [1.29, 1.82) is 0 Å². The maximum absolute atomic E-state index is 12.6. The number of aromatic nitrogens is 2. The number of amides is 2. The van der Waals surface area contributed by atoms with E-state index in [4.69, 9.17) is 9.47 Å². The summed E-state index contributed by atoms with van der Waals surface area (Å²) >= 11 is 0. The maximum atomic E-state index is 12.6. The van der Waals surface area contributed by atoms with Crippen LogP contribution in [0.1, 0.15) is 33.2 Å². The zero-order valence-electron chi connectivity index (χ0n) is 17.5. The standard InChI is InChI=1S/C21H26N4O5/c1-13(2)25-18(9-10-22-25)23-20(27)14(3)30-21(28)15-11-19(26)24(12-15)16-7-5-6-8-17(16)29-4/h5-10,13-15H,11-12H2,1-4H3,(H,23,27)/t14-,15-/m1/s1. The van der Waals surface area contributed by atoms with Crippen LogP contribution in [0.5, 0.6) is 5.75 Å². The molecule has 1 fully saturated rings. The summed E-state index contributed by atoms with van der Waals surface area (Å²) in [5.74, 6) is -0.818. The second-order valence-electron chi connectivity index (χ2n) is 7.40. The highest BCUT2D eigenvalue weighted by Crippen LogP contribution is 2.33. The highest BCUT2D eigenvalue weighted by atomic mass is 16.5. The summed E-state index contributed by atoms with van der Waals surface area (Å²) in [6.45, 7) is 5.55. The fourth-order valence-electron chi connectivity index (χ4n) is 3.33. The third-order valence-electron chi connectivity index (χ3n) is 4.91. The minimum atomic E-state index is -1.01. The van der Waals surface area contributed by atoms with E-state index in [-0.39, 0.29) is 24.9 Å². The Bertz CT molecular complexity index is 939. The number of anilines is 2. The smallest absolute Gasteiger partial charge is 0.312 e. The number of benzene rings is 1. The molecule has 9 nitrogen and oxygen atoms in total. The Morgan fingerprint density at radius 2 is 1.93 bits per heavy atom. The molecule has 0 radical (unpaired) electrons. The summed E-state index contributed by atoms with van der Waals surface area (Å²) in [7, 11) is 1.52. The van der Waals surface area contributed by atoms with Gasteiger partial charge in [-0.25, -0.2) is 4.68 Å². The van der Waals surface area contributed by atoms with Crippen LogP contribution in [0.25, 0.3) is 0 Å². The van der Waals surface area contributed by atoms with Gasteiger partial charge in [-0.05, 0) is 32.9 Å². The van der Waals surface area contributed by atoms with E-state index in [2.05, 4.69) is 10.4 Å². The Kier molecular flexibility index (Phi) is 6.39. The number of rotatable bonds is 7. The first kappa shape index (κ1) is 21.4. The Balaban J connectivity index is 1.61. The van der Waals surface area contributed by atoms with E-state index in [0.717, 1.165) is 0 Å². The van der Waals surface area contributed by atoms with Gasteiger partial charge in [0.15, 0.2) is 6.10 Å². The minimum Gasteiger partial charge on any atom is -0.495 e. The van der Waals surface area contributed by atoms with Crippen molar-refractivity contribution in [2.75, 3.05) is 23.9 Å². The van der Waals surface area contributed by atoms with Gasteiger partial charge < -0.3 is 19.7 Å². The number of ether oxygens (including phenoxy) is 2. The van der Waals surface area contributed by atoms with E-state index in [0.29, 0.717) is 17.3 Å². The number of hydrogen-bond acceptors (Lipinski definition) is 6. The number of methoxy groups -OCH3 is 1. The molecule has 2 heterocycles. The molecule has 2 atom stereocenters. The lowest BCUT2D eigenvalue weighted by Gasteiger charge is -2.20. The summed E-state index contributed by atoms with van der Waals surface area (Å²) in [6, 6.07) is 8.86. The first-order valence-corrected chi connectivity index (χ1v) is 9.80. The molecule has 3 rings (SSSR count). The number of nitrogens with one attached hydrogen (secondary N) is 1. The molecule has 1 aromatic heterocycles. The Morgan fingerprint density at radius 3 is 2.63 bits per heavy atom. The van der Waals surface area contributed by atoms with Crippen LogP contribution in [0.2, 0.25) is 0 Å². The van der Waals surface area contributed by atoms with Crippen molar-refractivity contribution in [1.82, 2.24) is 9.78 Å². The number of esters is 1. The lowest BCUT2D eigenvalue weighted by molar-refractivity contribution is -0.157. The average Bonchev–Trinajstić information content (AvgIpc) is 3.34. The van der Waals surface area contributed by atoms with Crippen molar-refractivity contribution >= 4 is 29.3 Å². The van der Waals surface area contributed by atoms with Crippen molar-refractivity contribution in [3.63, 3.8) is 0 Å². The quantitative estimate of drug-likeness (QED) is 0.698. The highest BCUT2D eigenvalue weighted by Gasteiger charge is 2.38. The molecule has 0 aliphatic carbocycles. The molecule has 160 valence electrons. The maximum Gasteiger partial charge on any atom is 0.312 e. The molecule has 0 saturated carbocycles. The lowest BCUT2D eigenvalue weighted by atomic mass is 10.1. The summed E-state index contributed by atoms with van der Waals surface area (Å²) in [6.07, 6.45) is 0.595. The van der Waals surface area contributed by atoms with E-state index >= 15 is 0 Å². The van der Waals surface area contributed by atoms with E-state index in [1.54, 1.807) is 41.2 Å². The number of para-hydroxylation sites is 2. The normalized spacial score (nSPS) is 17.2. The molecule has 2 amide bonds. The third-order valence-corrected chi connectivity index (χ3v) is 4.91. The largest absolute Gasteiger partial charge is 0.495 e. The monoisotopic (exact) mass is 414 g/mol. The van der Waals surface area contributed by atoms with Crippen molar-refractivity contribution in [2.24, 2.45) is 5.92 Å². The van der Waals surface area contributed by atoms with E-state index in [1.807, 2.05) is 13.8 Å². The molecular weight excluding hydrogens is 388 g/mol. The van der Waals surface area contributed by atoms with Gasteiger partial charge in [0, 0.05) is 25.1 Å². The van der Waals surface area contributed by atoms with Crippen LogP contribution in [0.15, 0.2) is 36.5 Å². The first-order chi connectivity index (χ1) is 14.3. The summed E-state index contributed by atoms with van der Waals surface area (Å²) in [4.78, 5) is 39.0. The van der Waals surface area contributed by atoms with Crippen LogP contribution >= 0.6 is 0 Å². The van der Waals surface area contributed by atoms with Gasteiger partial charge in [0.2, 0.25) is 5.91 Å². The first-order valence-electron chi connectivity index (χ1n) is 9.80. The van der Waals surface area contributed by atoms with Crippen molar-refractivity contribution in [3.8, 4) is 5.75 Å². The number of hydrogen-bond donors (Lipinski definition) is 1. The Morgan fingerprint density at radius 1 is 1.20 bits per heavy atom.